The van der Waals surface area contributed by atoms with Crippen LogP contribution >= 0.6 is 22.9 Å². The van der Waals surface area contributed by atoms with Gasteiger partial charge in [0.1, 0.15) is 34.5 Å². The van der Waals surface area contributed by atoms with Crippen molar-refractivity contribution in [3.8, 4) is 22.2 Å². The fourth-order valence-electron chi connectivity index (χ4n) is 4.09. The molecule has 0 saturated heterocycles. The van der Waals surface area contributed by atoms with Gasteiger partial charge in [-0.15, -0.1) is 11.3 Å². The zero-order valence-corrected chi connectivity index (χ0v) is 23.9. The minimum atomic E-state index is -0.779. The number of rotatable bonds is 8. The maximum Gasteiger partial charge on any atom is 0.411 e. The summed E-state index contributed by atoms with van der Waals surface area (Å²) in [5.74, 6) is -1.04. The molecule has 5 aromatic rings. The highest BCUT2D eigenvalue weighted by molar-refractivity contribution is 7.21. The Kier molecular flexibility index (Phi) is 7.90. The molecule has 0 aliphatic rings. The Morgan fingerprint density at radius 1 is 1.12 bits per heavy atom. The van der Waals surface area contributed by atoms with Crippen LogP contribution in [-0.2, 0) is 16.5 Å². The van der Waals surface area contributed by atoms with Crippen molar-refractivity contribution < 1.29 is 32.9 Å². The molecule has 3 aromatic heterocycles. The van der Waals surface area contributed by atoms with Crippen molar-refractivity contribution in [2.75, 3.05) is 32.8 Å². The summed E-state index contributed by atoms with van der Waals surface area (Å²) in [6, 6.07) is 6.77. The second-order valence-electron chi connectivity index (χ2n) is 8.79. The number of anilines is 1. The number of nitrogens with one attached hydrogen (secondary N) is 1. The molecule has 0 unspecified atom stereocenters. The normalized spacial score (nSPS) is 11.1. The van der Waals surface area contributed by atoms with Gasteiger partial charge in [0.05, 0.1) is 41.8 Å². The third kappa shape index (κ3) is 5.72. The first-order valence-electron chi connectivity index (χ1n) is 12.1. The van der Waals surface area contributed by atoms with Gasteiger partial charge < -0.3 is 23.5 Å². The Bertz CT molecular complexity index is 1810. The Balaban J connectivity index is 1.29. The maximum absolute atomic E-state index is 15.1. The van der Waals surface area contributed by atoms with E-state index in [0.717, 1.165) is 11.1 Å². The number of aryl methyl sites for hydroxylation is 2. The first-order valence-corrected chi connectivity index (χ1v) is 13.3. The number of hydrogen-bond acceptors (Lipinski definition) is 10. The van der Waals surface area contributed by atoms with Crippen LogP contribution in [0.15, 0.2) is 36.7 Å². The highest BCUT2D eigenvalue weighted by atomic mass is 35.5. The number of benzene rings is 2. The van der Waals surface area contributed by atoms with Crippen LogP contribution in [0.25, 0.3) is 31.8 Å². The molecule has 0 saturated carbocycles. The molecular formula is C27H23ClFN5O6S. The Morgan fingerprint density at radius 2 is 1.93 bits per heavy atom. The predicted molar refractivity (Wildman–Crippen MR) is 152 cm³/mol. The van der Waals surface area contributed by atoms with Gasteiger partial charge in [0, 0.05) is 24.9 Å². The van der Waals surface area contributed by atoms with Crippen molar-refractivity contribution in [1.29, 1.82) is 0 Å². The van der Waals surface area contributed by atoms with Crippen LogP contribution in [0.2, 0.25) is 5.02 Å². The van der Waals surface area contributed by atoms with Gasteiger partial charge in [-0.3, -0.25) is 5.32 Å². The summed E-state index contributed by atoms with van der Waals surface area (Å²) in [5.41, 5.74) is 3.81. The molecule has 41 heavy (non-hydrogen) atoms. The standard InChI is InChI=1S/C27H23ClFN5O6S/c1-13-7-15(23-16(8-13)32-20(37-3)11-30-23)25-33-24-19(41-25)10-18(22(29)21(24)28)39-5-6-40-27(36)31-14-9-17(26(35)38-4)34(2)12-14/h7-12H,5-6H2,1-4H3,(H,31,36). The summed E-state index contributed by atoms with van der Waals surface area (Å²) in [6.45, 7) is 1.61. The second-order valence-corrected chi connectivity index (χ2v) is 10.2. The van der Waals surface area contributed by atoms with Gasteiger partial charge in [0.25, 0.3) is 0 Å². The molecule has 0 spiro atoms. The van der Waals surface area contributed by atoms with Gasteiger partial charge in [-0.1, -0.05) is 11.6 Å². The van der Waals surface area contributed by atoms with E-state index >= 15 is 4.39 Å². The lowest BCUT2D eigenvalue weighted by atomic mass is 10.1. The van der Waals surface area contributed by atoms with Gasteiger partial charge in [0.2, 0.25) is 5.88 Å². The van der Waals surface area contributed by atoms with E-state index in [9.17, 15) is 9.59 Å². The Labute approximate surface area is 241 Å². The van der Waals surface area contributed by atoms with E-state index in [0.29, 0.717) is 32.3 Å². The van der Waals surface area contributed by atoms with Crippen LogP contribution in [0.5, 0.6) is 11.6 Å². The smallest absolute Gasteiger partial charge is 0.411 e. The molecule has 5 rings (SSSR count). The molecular weight excluding hydrogens is 577 g/mol. The summed E-state index contributed by atoms with van der Waals surface area (Å²) in [4.78, 5) is 37.4. The van der Waals surface area contributed by atoms with Crippen LogP contribution in [0.1, 0.15) is 16.1 Å². The van der Waals surface area contributed by atoms with Gasteiger partial charge in [-0.2, -0.15) is 0 Å². The molecule has 2 aromatic carbocycles. The molecule has 14 heteroatoms. The van der Waals surface area contributed by atoms with E-state index in [2.05, 4.69) is 25.0 Å². The van der Waals surface area contributed by atoms with Crippen molar-refractivity contribution >= 4 is 61.9 Å². The number of aromatic nitrogens is 4. The number of thiazole rings is 1. The molecule has 1 amide bonds. The molecule has 0 aliphatic carbocycles. The predicted octanol–water partition coefficient (Wildman–Crippen LogP) is 5.77. The minimum absolute atomic E-state index is 0.105. The summed E-state index contributed by atoms with van der Waals surface area (Å²) in [5, 5.41) is 2.90. The highest BCUT2D eigenvalue weighted by Crippen LogP contribution is 2.40. The van der Waals surface area contributed by atoms with Crippen LogP contribution in [0.3, 0.4) is 0 Å². The van der Waals surface area contributed by atoms with Gasteiger partial charge in [-0.05, 0) is 30.7 Å². The van der Waals surface area contributed by atoms with Gasteiger partial charge >= 0.3 is 12.1 Å². The summed E-state index contributed by atoms with van der Waals surface area (Å²) >= 11 is 7.64. The van der Waals surface area contributed by atoms with Crippen LogP contribution in [0.4, 0.5) is 14.9 Å². The molecule has 212 valence electrons. The lowest BCUT2D eigenvalue weighted by molar-refractivity contribution is 0.0590. The quantitative estimate of drug-likeness (QED) is 0.175. The van der Waals surface area contributed by atoms with Crippen molar-refractivity contribution in [3.63, 3.8) is 0 Å². The van der Waals surface area contributed by atoms with Crippen LogP contribution in [0, 0.1) is 12.7 Å². The molecule has 3 heterocycles. The van der Waals surface area contributed by atoms with E-state index in [1.807, 2.05) is 19.1 Å². The van der Waals surface area contributed by atoms with Crippen molar-refractivity contribution in [1.82, 2.24) is 19.5 Å². The monoisotopic (exact) mass is 599 g/mol. The molecule has 0 radical (unpaired) electrons. The zero-order chi connectivity index (χ0) is 29.3. The van der Waals surface area contributed by atoms with Crippen LogP contribution in [-0.4, -0.2) is 59.0 Å². The molecule has 0 bridgehead atoms. The molecule has 1 N–H and O–H groups in total. The number of nitrogens with zero attached hydrogens (tertiary/aromatic N) is 4. The SMILES string of the molecule is COC(=O)c1cc(NC(=O)OCCOc2cc3sc(-c4cc(C)cc5nc(OC)cnc45)nc3c(Cl)c2F)cn1C. The van der Waals surface area contributed by atoms with E-state index in [1.54, 1.807) is 7.05 Å². The molecule has 11 nitrogen and oxygen atoms in total. The largest absolute Gasteiger partial charge is 0.487 e. The maximum atomic E-state index is 15.1. The first-order chi connectivity index (χ1) is 19.7. The highest BCUT2D eigenvalue weighted by Gasteiger charge is 2.20. The summed E-state index contributed by atoms with van der Waals surface area (Å²) in [6.07, 6.45) is 2.28. The van der Waals surface area contributed by atoms with Crippen molar-refractivity contribution in [2.45, 2.75) is 6.92 Å². The fraction of sp³-hybridized carbons (Fsp3) is 0.222. The topological polar surface area (TPSA) is 127 Å². The molecule has 0 atom stereocenters. The average Bonchev–Trinajstić information content (AvgIpc) is 3.55. The van der Waals surface area contributed by atoms with E-state index in [1.165, 1.54) is 54.6 Å². The number of methoxy groups -OCH3 is 2. The Morgan fingerprint density at radius 3 is 2.68 bits per heavy atom. The average molecular weight is 600 g/mol. The van der Waals surface area contributed by atoms with Crippen molar-refractivity contribution in [3.05, 3.63) is 58.8 Å². The Hall–Kier alpha value is -4.49. The number of esters is 1. The lowest BCUT2D eigenvalue weighted by Gasteiger charge is -2.09. The zero-order valence-electron chi connectivity index (χ0n) is 22.3. The number of carbonyl (C=O) groups is 2. The minimum Gasteiger partial charge on any atom is -0.487 e. The van der Waals surface area contributed by atoms with E-state index < -0.39 is 17.9 Å². The number of halogens is 2. The number of hydrogen-bond donors (Lipinski definition) is 1. The first kappa shape index (κ1) is 28.1. The van der Waals surface area contributed by atoms with Crippen molar-refractivity contribution in [2.24, 2.45) is 7.05 Å². The third-order valence-corrected chi connectivity index (χ3v) is 7.34. The van der Waals surface area contributed by atoms with Gasteiger partial charge in [0.15, 0.2) is 11.6 Å². The van der Waals surface area contributed by atoms with E-state index in [4.69, 9.17) is 25.8 Å². The third-order valence-electron chi connectivity index (χ3n) is 5.96. The van der Waals surface area contributed by atoms with E-state index in [-0.39, 0.29) is 35.2 Å². The fourth-order valence-corrected chi connectivity index (χ4v) is 5.41. The van der Waals surface area contributed by atoms with Gasteiger partial charge in [-0.25, -0.2) is 28.9 Å². The molecule has 0 fully saturated rings. The number of carbonyl (C=O) groups excluding carboxylic acids is 2. The number of ether oxygens (including phenoxy) is 4. The lowest BCUT2D eigenvalue weighted by Crippen LogP contribution is -2.17. The number of fused-ring (bicyclic) bond motifs is 2. The summed E-state index contributed by atoms with van der Waals surface area (Å²) < 4.78 is 37.7. The number of amides is 1. The second kappa shape index (κ2) is 11.6. The summed E-state index contributed by atoms with van der Waals surface area (Å²) in [7, 11) is 4.41. The molecule has 0 aliphatic heterocycles. The van der Waals surface area contributed by atoms with Crippen LogP contribution < -0.4 is 14.8 Å².